The number of hydrogen-bond acceptors (Lipinski definition) is 8. The Labute approximate surface area is 321 Å². The number of fused-ring (bicyclic) bond motifs is 6. The van der Waals surface area contributed by atoms with E-state index in [2.05, 4.69) is 26.7 Å². The smallest absolute Gasteiger partial charge is 0.312 e. The van der Waals surface area contributed by atoms with E-state index < -0.39 is 45.9 Å². The molecule has 3 aliphatic carbocycles. The van der Waals surface area contributed by atoms with Crippen LogP contribution >= 0.6 is 0 Å². The van der Waals surface area contributed by atoms with Crippen molar-refractivity contribution in [3.8, 4) is 11.5 Å². The zero-order valence-corrected chi connectivity index (χ0v) is 32.4. The molecule has 5 aliphatic rings. The number of nitrogens with one attached hydrogen (secondary N) is 2. The quantitative estimate of drug-likeness (QED) is 0.321. The molecule has 2 aliphatic heterocycles. The Kier molecular flexibility index (Phi) is 9.85. The third kappa shape index (κ3) is 6.63. The van der Waals surface area contributed by atoms with E-state index in [1.165, 1.54) is 26.1 Å². The summed E-state index contributed by atoms with van der Waals surface area (Å²) in [4.78, 5) is 43.4. The SMILES string of the molecule is COc1ccc(C2COCCN2C(=O)C(=O)N[C@@H]2CC=CC3=C4C(=C4C(=O)NS(=O)(=O)N(C)C)Cn4c(cc5c(OC)ccc(C6CCCCC6)c54)C32)cc1. The molecule has 14 heteroatoms. The van der Waals surface area contributed by atoms with Crippen molar-refractivity contribution < 1.29 is 37.0 Å². The van der Waals surface area contributed by atoms with Crippen molar-refractivity contribution >= 4 is 38.8 Å². The van der Waals surface area contributed by atoms with Gasteiger partial charge in [-0.05, 0) is 77.3 Å². The molecule has 1 aromatic heterocycles. The summed E-state index contributed by atoms with van der Waals surface area (Å²) in [6.45, 7) is 1.16. The minimum atomic E-state index is -4.05. The fraction of sp³-hybridized carbons (Fsp3) is 0.439. The van der Waals surface area contributed by atoms with Gasteiger partial charge in [-0.3, -0.25) is 14.4 Å². The van der Waals surface area contributed by atoms with Crippen LogP contribution in [0.25, 0.3) is 10.9 Å². The number of amides is 3. The summed E-state index contributed by atoms with van der Waals surface area (Å²) in [5.74, 6) is -0.767. The molecular formula is C41H47N5O8S. The highest BCUT2D eigenvalue weighted by Gasteiger charge is 2.47. The maximum absolute atomic E-state index is 14.1. The van der Waals surface area contributed by atoms with Gasteiger partial charge in [0.25, 0.3) is 5.91 Å². The van der Waals surface area contributed by atoms with Gasteiger partial charge in [0.2, 0.25) is 0 Å². The van der Waals surface area contributed by atoms with Crippen molar-refractivity contribution in [2.75, 3.05) is 48.1 Å². The van der Waals surface area contributed by atoms with Gasteiger partial charge in [0, 0.05) is 50.2 Å². The van der Waals surface area contributed by atoms with Gasteiger partial charge in [-0.25, -0.2) is 4.72 Å². The highest BCUT2D eigenvalue weighted by Crippen LogP contribution is 2.54. The summed E-state index contributed by atoms with van der Waals surface area (Å²) in [6, 6.07) is 12.7. The molecule has 290 valence electrons. The van der Waals surface area contributed by atoms with Crippen LogP contribution in [0.5, 0.6) is 11.5 Å². The van der Waals surface area contributed by atoms with E-state index in [1.54, 1.807) is 19.1 Å². The van der Waals surface area contributed by atoms with E-state index in [9.17, 15) is 22.8 Å². The molecule has 3 heterocycles. The number of nitrogens with zero attached hydrogens (tertiary/aromatic N) is 3. The Morgan fingerprint density at radius 2 is 1.75 bits per heavy atom. The molecule has 0 bridgehead atoms. The monoisotopic (exact) mass is 769 g/mol. The van der Waals surface area contributed by atoms with Gasteiger partial charge in [0.15, 0.2) is 0 Å². The number of benzene rings is 2. The Balaban J connectivity index is 1.19. The van der Waals surface area contributed by atoms with Crippen LogP contribution in [0.4, 0.5) is 0 Å². The van der Waals surface area contributed by atoms with Gasteiger partial charge in [-0.1, -0.05) is 49.6 Å². The third-order valence-electron chi connectivity index (χ3n) is 11.8. The number of morpholine rings is 1. The summed E-state index contributed by atoms with van der Waals surface area (Å²) >= 11 is 0. The van der Waals surface area contributed by atoms with Crippen LogP contribution in [0.15, 0.2) is 76.9 Å². The second-order valence-corrected chi connectivity index (χ2v) is 17.0. The van der Waals surface area contributed by atoms with E-state index in [4.69, 9.17) is 14.2 Å². The van der Waals surface area contributed by atoms with Crippen LogP contribution in [0.2, 0.25) is 0 Å². The van der Waals surface area contributed by atoms with Crippen LogP contribution in [-0.4, -0.2) is 94.0 Å². The average molecular weight is 770 g/mol. The Morgan fingerprint density at radius 3 is 2.45 bits per heavy atom. The molecule has 2 unspecified atom stereocenters. The first-order valence-corrected chi connectivity index (χ1v) is 20.4. The fourth-order valence-electron chi connectivity index (χ4n) is 8.98. The first kappa shape index (κ1) is 37.0. The van der Waals surface area contributed by atoms with Gasteiger partial charge in [0.1, 0.15) is 11.5 Å². The maximum Gasteiger partial charge on any atom is 0.312 e. The van der Waals surface area contributed by atoms with Crippen LogP contribution in [0.1, 0.15) is 73.2 Å². The number of carbonyl (C=O) groups is 3. The van der Waals surface area contributed by atoms with Gasteiger partial charge in [-0.2, -0.15) is 12.7 Å². The maximum atomic E-state index is 14.1. The number of hydrogen-bond donors (Lipinski definition) is 2. The van der Waals surface area contributed by atoms with Crippen molar-refractivity contribution in [2.24, 2.45) is 0 Å². The number of carbonyl (C=O) groups excluding carboxylic acids is 3. The van der Waals surface area contributed by atoms with Crippen LogP contribution in [0, 0.1) is 0 Å². The topological polar surface area (TPSA) is 149 Å². The predicted octanol–water partition coefficient (Wildman–Crippen LogP) is 4.38. The first-order chi connectivity index (χ1) is 26.5. The minimum absolute atomic E-state index is 0.254. The van der Waals surface area contributed by atoms with Crippen molar-refractivity contribution in [3.63, 3.8) is 0 Å². The van der Waals surface area contributed by atoms with Crippen LogP contribution < -0.4 is 19.5 Å². The molecular weight excluding hydrogens is 723 g/mol. The van der Waals surface area contributed by atoms with Crippen LogP contribution in [-0.2, 0) is 35.9 Å². The molecule has 2 aromatic carbocycles. The van der Waals surface area contributed by atoms with E-state index >= 15 is 0 Å². The summed E-state index contributed by atoms with van der Waals surface area (Å²) < 4.78 is 48.0. The van der Waals surface area contributed by atoms with Crippen molar-refractivity contribution in [1.82, 2.24) is 23.8 Å². The third-order valence-corrected chi connectivity index (χ3v) is 13.2. The summed E-state index contributed by atoms with van der Waals surface area (Å²) in [7, 11) is 1.92. The van der Waals surface area contributed by atoms with Crippen LogP contribution in [0.3, 0.4) is 0 Å². The van der Waals surface area contributed by atoms with E-state index in [0.29, 0.717) is 42.4 Å². The average Bonchev–Trinajstić information content (AvgIpc) is 3.83. The first-order valence-electron chi connectivity index (χ1n) is 18.9. The molecule has 3 atom stereocenters. The molecule has 0 spiro atoms. The van der Waals surface area contributed by atoms with Gasteiger partial charge >= 0.3 is 22.0 Å². The van der Waals surface area contributed by atoms with Crippen molar-refractivity contribution in [1.29, 1.82) is 0 Å². The largest absolute Gasteiger partial charge is 0.497 e. The summed E-state index contributed by atoms with van der Waals surface area (Å²) in [6.07, 6.45) is 10.00. The van der Waals surface area contributed by atoms with Gasteiger partial charge in [0.05, 0.1) is 44.6 Å². The predicted molar refractivity (Wildman–Crippen MR) is 206 cm³/mol. The molecule has 55 heavy (non-hydrogen) atoms. The number of aromatic nitrogens is 1. The molecule has 2 fully saturated rings. The lowest BCUT2D eigenvalue weighted by Gasteiger charge is -2.36. The van der Waals surface area contributed by atoms with E-state index in [-0.39, 0.29) is 13.2 Å². The lowest BCUT2D eigenvalue weighted by molar-refractivity contribution is -0.152. The summed E-state index contributed by atoms with van der Waals surface area (Å²) in [5, 5.41) is 4.06. The second-order valence-electron chi connectivity index (χ2n) is 15.1. The lowest BCUT2D eigenvalue weighted by Crippen LogP contribution is -2.52. The zero-order valence-electron chi connectivity index (χ0n) is 31.6. The normalized spacial score (nSPS) is 22.5. The van der Waals surface area contributed by atoms with Gasteiger partial charge in [-0.15, -0.1) is 0 Å². The van der Waals surface area contributed by atoms with Crippen molar-refractivity contribution in [2.45, 2.75) is 69.0 Å². The Bertz CT molecular complexity index is 2270. The molecule has 2 N–H and O–H groups in total. The fourth-order valence-corrected chi connectivity index (χ4v) is 9.50. The zero-order chi connectivity index (χ0) is 38.6. The molecule has 1 saturated heterocycles. The standard InChI is InChI=1S/C41H47N5O8S/c1-44(2)55(50,51)43-39(47)37-30-22-46-32(21-29-34(53-4)18-17-27(38(29)46)24-9-6-5-7-10-24)36-28(35(30)37)11-8-12-31(36)42-40(48)41(49)45-19-20-54-23-33(45)25-13-15-26(52-3)16-14-25/h8,11,13-18,21,24,31,33,36H,5-7,9-10,12,19-20,22-23H2,1-4H3,(H,42,48)(H,43,47)/t31-,33?,36?/m1/s1. The molecule has 8 rings (SSSR count). The highest BCUT2D eigenvalue weighted by molar-refractivity contribution is 7.87. The highest BCUT2D eigenvalue weighted by atomic mass is 32.2. The molecule has 0 radical (unpaired) electrons. The Morgan fingerprint density at radius 1 is 0.982 bits per heavy atom. The molecule has 3 amide bonds. The van der Waals surface area contributed by atoms with Gasteiger partial charge < -0.3 is 29.0 Å². The lowest BCUT2D eigenvalue weighted by atomic mass is 9.81. The van der Waals surface area contributed by atoms with Crippen molar-refractivity contribution in [3.05, 3.63) is 93.7 Å². The number of allylic oxidation sites excluding steroid dienone is 2. The summed E-state index contributed by atoms with van der Waals surface area (Å²) in [5.41, 5.74) is 6.59. The second kappa shape index (κ2) is 14.6. The number of ether oxygens (including phenoxy) is 3. The molecule has 3 aromatic rings. The Hall–Kier alpha value is -4.92. The number of methoxy groups -OCH3 is 2. The molecule has 1 saturated carbocycles. The number of rotatable bonds is 8. The minimum Gasteiger partial charge on any atom is -0.497 e. The molecule has 13 nitrogen and oxygen atoms in total. The van der Waals surface area contributed by atoms with E-state index in [0.717, 1.165) is 69.0 Å². The van der Waals surface area contributed by atoms with E-state index in [1.807, 2.05) is 42.5 Å².